The minimum atomic E-state index is -1.30. The molecule has 0 heterocycles. The van der Waals surface area contributed by atoms with E-state index in [0.29, 0.717) is 11.5 Å². The Morgan fingerprint density at radius 3 is 2.60 bits per heavy atom. The summed E-state index contributed by atoms with van der Waals surface area (Å²) in [5.74, 6) is 0.589. The average molecular weight is 210 g/mol. The van der Waals surface area contributed by atoms with Crippen LogP contribution in [0.15, 0.2) is 23.3 Å². The van der Waals surface area contributed by atoms with Gasteiger partial charge in [-0.05, 0) is 43.6 Å². The summed E-state index contributed by atoms with van der Waals surface area (Å²) >= 11 is 0. The summed E-state index contributed by atoms with van der Waals surface area (Å²) in [7, 11) is 0. The van der Waals surface area contributed by atoms with Crippen molar-refractivity contribution < 1.29 is 10.2 Å². The second-order valence-electron chi connectivity index (χ2n) is 5.10. The molecule has 0 saturated heterocycles. The average Bonchev–Trinajstić information content (AvgIpc) is 2.39. The molecule has 0 saturated carbocycles. The van der Waals surface area contributed by atoms with E-state index in [4.69, 9.17) is 10.2 Å². The Morgan fingerprint density at radius 2 is 2.20 bits per heavy atom. The minimum absolute atomic E-state index is 0.247. The third kappa shape index (κ3) is 2.70. The van der Waals surface area contributed by atoms with Crippen LogP contribution in [0, 0.1) is 11.3 Å². The van der Waals surface area contributed by atoms with Gasteiger partial charge in [-0.25, -0.2) is 0 Å². The Labute approximate surface area is 92.3 Å². The number of hydrogen-bond acceptors (Lipinski definition) is 2. The Bertz CT molecular complexity index is 285. The van der Waals surface area contributed by atoms with Crippen molar-refractivity contribution >= 4 is 0 Å². The van der Waals surface area contributed by atoms with Crippen LogP contribution in [0.1, 0.15) is 40.5 Å². The van der Waals surface area contributed by atoms with Gasteiger partial charge >= 0.3 is 0 Å². The number of hydrogen-bond donors (Lipinski definition) is 2. The van der Waals surface area contributed by atoms with Crippen LogP contribution in [0.4, 0.5) is 0 Å². The molecule has 0 amide bonds. The van der Waals surface area contributed by atoms with E-state index < -0.39 is 6.29 Å². The molecule has 0 spiro atoms. The van der Waals surface area contributed by atoms with Crippen LogP contribution in [-0.2, 0) is 0 Å². The molecular formula is C13H22O2. The smallest absolute Gasteiger partial charge is 0.173 e. The Hall–Kier alpha value is -0.600. The fourth-order valence-corrected chi connectivity index (χ4v) is 2.02. The first-order valence-corrected chi connectivity index (χ1v) is 5.55. The molecular weight excluding hydrogens is 188 g/mol. The van der Waals surface area contributed by atoms with E-state index in [1.807, 2.05) is 6.08 Å². The van der Waals surface area contributed by atoms with Crippen molar-refractivity contribution in [2.45, 2.75) is 46.8 Å². The molecule has 2 heteroatoms. The number of aliphatic hydroxyl groups excluding tert-OH is 1. The van der Waals surface area contributed by atoms with Gasteiger partial charge in [-0.2, -0.15) is 0 Å². The zero-order valence-electron chi connectivity index (χ0n) is 10.1. The summed E-state index contributed by atoms with van der Waals surface area (Å²) in [5, 5.41) is 17.9. The molecule has 0 bridgehead atoms. The normalized spacial score (nSPS) is 25.9. The molecule has 0 aromatic carbocycles. The fourth-order valence-electron chi connectivity index (χ4n) is 2.02. The maximum Gasteiger partial charge on any atom is 0.173 e. The molecule has 0 aromatic heterocycles. The van der Waals surface area contributed by atoms with Crippen LogP contribution in [-0.4, -0.2) is 16.5 Å². The first kappa shape index (κ1) is 12.5. The maximum atomic E-state index is 8.95. The van der Waals surface area contributed by atoms with Crippen LogP contribution in [0.25, 0.3) is 0 Å². The number of allylic oxidation sites excluding steroid dienone is 3. The summed E-state index contributed by atoms with van der Waals surface area (Å²) < 4.78 is 0. The predicted molar refractivity (Wildman–Crippen MR) is 62.2 cm³/mol. The molecule has 2 nitrogen and oxygen atoms in total. The molecule has 1 unspecified atom stereocenters. The highest BCUT2D eigenvalue weighted by Gasteiger charge is 2.33. The lowest BCUT2D eigenvalue weighted by molar-refractivity contribution is -0.00802. The molecule has 2 N–H and O–H groups in total. The minimum Gasteiger partial charge on any atom is -0.365 e. The van der Waals surface area contributed by atoms with Gasteiger partial charge in [0.15, 0.2) is 6.29 Å². The molecule has 1 atom stereocenters. The van der Waals surface area contributed by atoms with E-state index >= 15 is 0 Å². The molecule has 0 radical (unpaired) electrons. The summed E-state index contributed by atoms with van der Waals surface area (Å²) in [6, 6.07) is 0. The van der Waals surface area contributed by atoms with Crippen LogP contribution >= 0.6 is 0 Å². The Kier molecular flexibility index (Phi) is 3.74. The topological polar surface area (TPSA) is 40.5 Å². The van der Waals surface area contributed by atoms with Gasteiger partial charge in [-0.3, -0.25) is 0 Å². The molecule has 1 rings (SSSR count). The van der Waals surface area contributed by atoms with Crippen LogP contribution in [0.5, 0.6) is 0 Å². The van der Waals surface area contributed by atoms with Crippen molar-refractivity contribution in [2.75, 3.05) is 0 Å². The Morgan fingerprint density at radius 1 is 1.60 bits per heavy atom. The SMILES string of the molecule is CC(=CCC1CC=C(C)C1(C)C)C(O)O. The van der Waals surface area contributed by atoms with Crippen molar-refractivity contribution in [1.29, 1.82) is 0 Å². The lowest BCUT2D eigenvalue weighted by Crippen LogP contribution is -2.20. The van der Waals surface area contributed by atoms with Gasteiger partial charge in [0, 0.05) is 0 Å². The number of aliphatic hydroxyl groups is 2. The van der Waals surface area contributed by atoms with Crippen LogP contribution < -0.4 is 0 Å². The third-order valence-corrected chi connectivity index (χ3v) is 3.88. The molecule has 0 fully saturated rings. The van der Waals surface area contributed by atoms with E-state index in [1.54, 1.807) is 6.92 Å². The summed E-state index contributed by atoms with van der Waals surface area (Å²) in [6.07, 6.45) is 4.96. The number of rotatable bonds is 3. The third-order valence-electron chi connectivity index (χ3n) is 3.88. The summed E-state index contributed by atoms with van der Waals surface area (Å²) in [4.78, 5) is 0. The molecule has 0 aliphatic heterocycles. The summed E-state index contributed by atoms with van der Waals surface area (Å²) in [5.41, 5.74) is 2.34. The molecule has 1 aliphatic rings. The molecule has 15 heavy (non-hydrogen) atoms. The highest BCUT2D eigenvalue weighted by Crippen LogP contribution is 2.44. The molecule has 0 aromatic rings. The molecule has 86 valence electrons. The maximum absolute atomic E-state index is 8.95. The highest BCUT2D eigenvalue weighted by molar-refractivity contribution is 5.19. The zero-order valence-corrected chi connectivity index (χ0v) is 10.1. The van der Waals surface area contributed by atoms with Gasteiger partial charge in [-0.15, -0.1) is 0 Å². The van der Waals surface area contributed by atoms with E-state index in [2.05, 4.69) is 26.8 Å². The first-order chi connectivity index (χ1) is 6.85. The van der Waals surface area contributed by atoms with Crippen molar-refractivity contribution in [3.05, 3.63) is 23.3 Å². The lowest BCUT2D eigenvalue weighted by atomic mass is 9.76. The first-order valence-electron chi connectivity index (χ1n) is 5.55. The molecule has 1 aliphatic carbocycles. The van der Waals surface area contributed by atoms with Crippen molar-refractivity contribution in [1.82, 2.24) is 0 Å². The second-order valence-corrected chi connectivity index (χ2v) is 5.10. The Balaban J connectivity index is 2.60. The van der Waals surface area contributed by atoms with Gasteiger partial charge in [-0.1, -0.05) is 31.6 Å². The van der Waals surface area contributed by atoms with Crippen LogP contribution in [0.3, 0.4) is 0 Å². The van der Waals surface area contributed by atoms with Gasteiger partial charge < -0.3 is 10.2 Å². The van der Waals surface area contributed by atoms with Crippen molar-refractivity contribution in [3.63, 3.8) is 0 Å². The second kappa shape index (κ2) is 4.50. The monoisotopic (exact) mass is 210 g/mol. The van der Waals surface area contributed by atoms with Crippen molar-refractivity contribution in [3.8, 4) is 0 Å². The standard InChI is InChI=1S/C13H22O2/c1-9(12(14)15)5-7-11-8-6-10(2)13(11,3)4/h5-6,11-12,14-15H,7-8H2,1-4H3. The zero-order chi connectivity index (χ0) is 11.6. The van der Waals surface area contributed by atoms with E-state index in [0.717, 1.165) is 12.8 Å². The van der Waals surface area contributed by atoms with E-state index in [9.17, 15) is 0 Å². The van der Waals surface area contributed by atoms with E-state index in [-0.39, 0.29) is 5.41 Å². The van der Waals surface area contributed by atoms with Gasteiger partial charge in [0.25, 0.3) is 0 Å². The van der Waals surface area contributed by atoms with Gasteiger partial charge in [0.1, 0.15) is 0 Å². The lowest BCUT2D eigenvalue weighted by Gasteiger charge is -2.29. The van der Waals surface area contributed by atoms with E-state index in [1.165, 1.54) is 5.57 Å². The predicted octanol–water partition coefficient (Wildman–Crippen LogP) is 2.63. The van der Waals surface area contributed by atoms with Crippen LogP contribution in [0.2, 0.25) is 0 Å². The summed E-state index contributed by atoms with van der Waals surface area (Å²) in [6.45, 7) is 8.45. The van der Waals surface area contributed by atoms with Crippen molar-refractivity contribution in [2.24, 2.45) is 11.3 Å². The quantitative estimate of drug-likeness (QED) is 0.555. The van der Waals surface area contributed by atoms with Gasteiger partial charge in [0.05, 0.1) is 0 Å². The van der Waals surface area contributed by atoms with Gasteiger partial charge in [0.2, 0.25) is 0 Å². The fraction of sp³-hybridized carbons (Fsp3) is 0.692. The largest absolute Gasteiger partial charge is 0.365 e. The highest BCUT2D eigenvalue weighted by atomic mass is 16.5.